The number of aliphatic imine (C=N–C) groups is 1. The van der Waals surface area contributed by atoms with E-state index in [-0.39, 0.29) is 16.5 Å². The van der Waals surface area contributed by atoms with Crippen molar-refractivity contribution in [2.75, 3.05) is 12.1 Å². The molecule has 1 unspecified atom stereocenters. The molecule has 0 radical (unpaired) electrons. The second-order valence-electron chi connectivity index (χ2n) is 6.62. The quantitative estimate of drug-likeness (QED) is 0.447. The first kappa shape index (κ1) is 21.2. The van der Waals surface area contributed by atoms with Crippen LogP contribution in [0.2, 0.25) is 5.02 Å². The van der Waals surface area contributed by atoms with Crippen LogP contribution in [0.5, 0.6) is 0 Å². The fraction of sp³-hybridized carbons (Fsp3) is 0.238. The van der Waals surface area contributed by atoms with Gasteiger partial charge in [0.25, 0.3) is 5.91 Å². The summed E-state index contributed by atoms with van der Waals surface area (Å²) in [5.41, 5.74) is 4.12. The zero-order valence-electron chi connectivity index (χ0n) is 16.4. The lowest BCUT2D eigenvalue weighted by Crippen LogP contribution is -2.28. The molecular formula is C21H19BrClN3O3. The summed E-state index contributed by atoms with van der Waals surface area (Å²) in [7, 11) is 1.28. The van der Waals surface area contributed by atoms with Crippen molar-refractivity contribution in [1.29, 1.82) is 0 Å². The van der Waals surface area contributed by atoms with Gasteiger partial charge in [-0.1, -0.05) is 27.5 Å². The highest BCUT2D eigenvalue weighted by molar-refractivity contribution is 9.10. The summed E-state index contributed by atoms with van der Waals surface area (Å²) in [4.78, 5) is 29.1. The molecular weight excluding hydrogens is 458 g/mol. The fourth-order valence-electron chi connectivity index (χ4n) is 2.95. The Morgan fingerprint density at radius 2 is 1.97 bits per heavy atom. The number of ether oxygens (including phenoxy) is 1. The van der Waals surface area contributed by atoms with Gasteiger partial charge in [-0.05, 0) is 62.2 Å². The number of rotatable bonds is 4. The molecule has 0 aromatic heterocycles. The molecule has 0 aliphatic carbocycles. The van der Waals surface area contributed by atoms with Crippen molar-refractivity contribution >= 4 is 62.7 Å². The topological polar surface area (TPSA) is 71.3 Å². The highest BCUT2D eigenvalue weighted by Crippen LogP contribution is 2.32. The maximum atomic E-state index is 13.0. The number of amides is 1. The monoisotopic (exact) mass is 475 g/mol. The molecule has 2 aromatic rings. The van der Waals surface area contributed by atoms with Gasteiger partial charge in [0, 0.05) is 10.7 Å². The molecule has 0 saturated carbocycles. The lowest BCUT2D eigenvalue weighted by molar-refractivity contribution is -0.118. The highest BCUT2D eigenvalue weighted by Gasteiger charge is 2.34. The van der Waals surface area contributed by atoms with Crippen LogP contribution in [0.3, 0.4) is 0 Å². The third-order valence-electron chi connectivity index (χ3n) is 4.83. The number of nitrogens with zero attached hydrogens (tertiary/aromatic N) is 3. The maximum absolute atomic E-state index is 13.0. The van der Waals surface area contributed by atoms with Crippen LogP contribution in [0, 0.1) is 19.8 Å². The third-order valence-corrected chi connectivity index (χ3v) is 6.02. The number of methoxy groups -OCH3 is 1. The molecule has 8 heteroatoms. The third kappa shape index (κ3) is 4.11. The van der Waals surface area contributed by atoms with Gasteiger partial charge in [-0.25, -0.2) is 4.79 Å². The molecule has 150 valence electrons. The zero-order chi connectivity index (χ0) is 21.3. The SMILES string of the molecule is COC(=O)c1cc(N=CC2C(=O)N(c3ccc(Br)c(C)c3C)N=C2C)ccc1Cl. The van der Waals surface area contributed by atoms with E-state index in [1.54, 1.807) is 19.1 Å². The van der Waals surface area contributed by atoms with Crippen molar-refractivity contribution in [2.24, 2.45) is 16.0 Å². The van der Waals surface area contributed by atoms with E-state index in [0.717, 1.165) is 21.3 Å². The van der Waals surface area contributed by atoms with Gasteiger partial charge in [0.2, 0.25) is 0 Å². The maximum Gasteiger partial charge on any atom is 0.339 e. The minimum atomic E-state index is -0.587. The minimum Gasteiger partial charge on any atom is -0.465 e. The van der Waals surface area contributed by atoms with Gasteiger partial charge in [0.15, 0.2) is 0 Å². The van der Waals surface area contributed by atoms with Gasteiger partial charge in [-0.3, -0.25) is 9.79 Å². The van der Waals surface area contributed by atoms with E-state index in [9.17, 15) is 9.59 Å². The van der Waals surface area contributed by atoms with Gasteiger partial charge < -0.3 is 4.74 Å². The molecule has 0 spiro atoms. The van der Waals surface area contributed by atoms with Crippen LogP contribution in [0.25, 0.3) is 0 Å². The number of carbonyl (C=O) groups is 2. The summed E-state index contributed by atoms with van der Waals surface area (Å²) in [5, 5.41) is 6.13. The number of carbonyl (C=O) groups excluding carboxylic acids is 2. The van der Waals surface area contributed by atoms with Crippen LogP contribution < -0.4 is 5.01 Å². The Balaban J connectivity index is 1.87. The standard InChI is InChI=1S/C21H19BrClN3O3/c1-11-12(2)19(8-6-17(11)22)26-20(27)16(13(3)25-26)10-24-14-5-7-18(23)15(9-14)21(28)29-4/h5-10,16H,1-4H3. The molecule has 1 aliphatic heterocycles. The summed E-state index contributed by atoms with van der Waals surface area (Å²) in [5.74, 6) is -1.32. The molecule has 1 atom stereocenters. The zero-order valence-corrected chi connectivity index (χ0v) is 18.7. The van der Waals surface area contributed by atoms with Gasteiger partial charge in [-0.2, -0.15) is 10.1 Å². The van der Waals surface area contributed by atoms with E-state index in [2.05, 4.69) is 26.0 Å². The summed E-state index contributed by atoms with van der Waals surface area (Å²) in [6.07, 6.45) is 1.53. The second kappa shape index (κ2) is 8.47. The number of halogens is 2. The first-order valence-electron chi connectivity index (χ1n) is 8.81. The van der Waals surface area contributed by atoms with E-state index in [1.807, 2.05) is 26.0 Å². The predicted octanol–water partition coefficient (Wildman–Crippen LogP) is 5.25. The summed E-state index contributed by atoms with van der Waals surface area (Å²) < 4.78 is 5.70. The number of hydrogen-bond acceptors (Lipinski definition) is 5. The number of esters is 1. The molecule has 1 amide bonds. The van der Waals surface area contributed by atoms with Crippen LogP contribution in [0.4, 0.5) is 11.4 Å². The van der Waals surface area contributed by atoms with Crippen LogP contribution >= 0.6 is 27.5 Å². The predicted molar refractivity (Wildman–Crippen MR) is 119 cm³/mol. The number of benzene rings is 2. The van der Waals surface area contributed by atoms with Gasteiger partial charge >= 0.3 is 5.97 Å². The smallest absolute Gasteiger partial charge is 0.339 e. The average Bonchev–Trinajstić information content (AvgIpc) is 2.98. The number of anilines is 1. The number of hydrazone groups is 1. The Morgan fingerprint density at radius 3 is 2.66 bits per heavy atom. The van der Waals surface area contributed by atoms with Crippen LogP contribution in [0.1, 0.15) is 28.4 Å². The summed E-state index contributed by atoms with van der Waals surface area (Å²) in [6, 6.07) is 8.52. The lowest BCUT2D eigenvalue weighted by atomic mass is 10.0. The molecule has 0 N–H and O–H groups in total. The van der Waals surface area contributed by atoms with Gasteiger partial charge in [0.1, 0.15) is 5.92 Å². The Hall–Kier alpha value is -2.51. The average molecular weight is 477 g/mol. The van der Waals surface area contributed by atoms with Crippen molar-refractivity contribution in [2.45, 2.75) is 20.8 Å². The first-order valence-corrected chi connectivity index (χ1v) is 9.98. The highest BCUT2D eigenvalue weighted by atomic mass is 79.9. The molecule has 6 nitrogen and oxygen atoms in total. The van der Waals surface area contributed by atoms with E-state index in [0.29, 0.717) is 11.4 Å². The van der Waals surface area contributed by atoms with Gasteiger partial charge in [-0.15, -0.1) is 0 Å². The molecule has 1 aliphatic rings. The largest absolute Gasteiger partial charge is 0.465 e. The van der Waals surface area contributed by atoms with Crippen LogP contribution in [-0.4, -0.2) is 30.9 Å². The molecule has 0 fully saturated rings. The van der Waals surface area contributed by atoms with Crippen molar-refractivity contribution < 1.29 is 14.3 Å². The Labute approximate surface area is 182 Å². The van der Waals surface area contributed by atoms with E-state index >= 15 is 0 Å². The Morgan fingerprint density at radius 1 is 1.24 bits per heavy atom. The molecule has 0 bridgehead atoms. The molecule has 1 heterocycles. The normalized spacial score (nSPS) is 16.5. The van der Waals surface area contributed by atoms with Crippen molar-refractivity contribution in [1.82, 2.24) is 0 Å². The minimum absolute atomic E-state index is 0.182. The Bertz CT molecular complexity index is 1070. The summed E-state index contributed by atoms with van der Waals surface area (Å²) in [6.45, 7) is 5.73. The molecule has 0 saturated heterocycles. The van der Waals surface area contributed by atoms with Crippen molar-refractivity contribution in [3.05, 3.63) is 56.5 Å². The Kier molecular flexibility index (Phi) is 6.19. The van der Waals surface area contributed by atoms with Gasteiger partial charge in [0.05, 0.1) is 34.8 Å². The lowest BCUT2D eigenvalue weighted by Gasteiger charge is -2.17. The van der Waals surface area contributed by atoms with Crippen molar-refractivity contribution in [3.63, 3.8) is 0 Å². The molecule has 2 aromatic carbocycles. The van der Waals surface area contributed by atoms with E-state index < -0.39 is 11.9 Å². The van der Waals surface area contributed by atoms with Crippen LogP contribution in [0.15, 0.2) is 44.9 Å². The van der Waals surface area contributed by atoms with E-state index in [4.69, 9.17) is 16.3 Å². The second-order valence-corrected chi connectivity index (χ2v) is 7.88. The fourth-order valence-corrected chi connectivity index (χ4v) is 3.57. The van der Waals surface area contributed by atoms with E-state index in [1.165, 1.54) is 24.4 Å². The van der Waals surface area contributed by atoms with Crippen LogP contribution in [-0.2, 0) is 9.53 Å². The van der Waals surface area contributed by atoms with Crippen molar-refractivity contribution in [3.8, 4) is 0 Å². The first-order chi connectivity index (χ1) is 13.7. The molecule has 3 rings (SSSR count). The molecule has 29 heavy (non-hydrogen) atoms. The summed E-state index contributed by atoms with van der Waals surface area (Å²) >= 11 is 9.53. The number of hydrogen-bond donors (Lipinski definition) is 0.